The molecule has 0 amide bonds. The molecule has 0 saturated carbocycles. The van der Waals surface area contributed by atoms with Gasteiger partial charge < -0.3 is 19.9 Å². The van der Waals surface area contributed by atoms with Crippen LogP contribution in [0.5, 0.6) is 0 Å². The van der Waals surface area contributed by atoms with Gasteiger partial charge in [0.25, 0.3) is 0 Å². The SMILES string of the molecule is Cc1nccn1-c1ccc(Nc2nc3c(c(CC4CCOCC4)n2)CNCC3)cc1. The molecule has 0 bridgehead atoms. The van der Waals surface area contributed by atoms with E-state index in [0.717, 1.165) is 69.2 Å². The van der Waals surface area contributed by atoms with E-state index in [9.17, 15) is 0 Å². The average Bonchev–Trinajstić information content (AvgIpc) is 3.21. The van der Waals surface area contributed by atoms with Crippen LogP contribution in [0.4, 0.5) is 11.6 Å². The lowest BCUT2D eigenvalue weighted by Crippen LogP contribution is -2.28. The fourth-order valence-electron chi connectivity index (χ4n) is 4.35. The van der Waals surface area contributed by atoms with Gasteiger partial charge in [0.15, 0.2) is 0 Å². The van der Waals surface area contributed by atoms with Crippen LogP contribution in [0.1, 0.15) is 35.6 Å². The molecule has 2 aliphatic heterocycles. The van der Waals surface area contributed by atoms with Crippen molar-refractivity contribution >= 4 is 11.6 Å². The highest BCUT2D eigenvalue weighted by Gasteiger charge is 2.22. The number of benzene rings is 1. The molecule has 0 aliphatic carbocycles. The lowest BCUT2D eigenvalue weighted by molar-refractivity contribution is 0.0662. The van der Waals surface area contributed by atoms with Crippen molar-refractivity contribution in [3.05, 3.63) is 59.4 Å². The van der Waals surface area contributed by atoms with E-state index in [1.807, 2.05) is 19.3 Å². The van der Waals surface area contributed by atoms with Gasteiger partial charge in [0.1, 0.15) is 5.82 Å². The van der Waals surface area contributed by atoms with Crippen molar-refractivity contribution in [2.75, 3.05) is 25.1 Å². The quantitative estimate of drug-likeness (QED) is 0.679. The zero-order valence-corrected chi connectivity index (χ0v) is 17.4. The summed E-state index contributed by atoms with van der Waals surface area (Å²) in [5.41, 5.74) is 5.74. The second-order valence-corrected chi connectivity index (χ2v) is 8.12. The molecule has 3 aromatic rings. The Morgan fingerprint density at radius 2 is 2.00 bits per heavy atom. The zero-order chi connectivity index (χ0) is 20.3. The lowest BCUT2D eigenvalue weighted by atomic mass is 9.91. The number of fused-ring (bicyclic) bond motifs is 1. The van der Waals surface area contributed by atoms with E-state index in [0.29, 0.717) is 11.9 Å². The first-order chi connectivity index (χ1) is 14.8. The van der Waals surface area contributed by atoms with Gasteiger partial charge in [0, 0.05) is 62.1 Å². The number of nitrogens with one attached hydrogen (secondary N) is 2. The topological polar surface area (TPSA) is 76.9 Å². The van der Waals surface area contributed by atoms with Gasteiger partial charge in [0.05, 0.1) is 11.4 Å². The van der Waals surface area contributed by atoms with E-state index < -0.39 is 0 Å². The molecule has 2 aliphatic rings. The molecular formula is C23H28N6O. The Hall–Kier alpha value is -2.77. The third kappa shape index (κ3) is 4.08. The first-order valence-corrected chi connectivity index (χ1v) is 10.8. The van der Waals surface area contributed by atoms with Gasteiger partial charge in [-0.3, -0.25) is 0 Å². The molecular weight excluding hydrogens is 376 g/mol. The second kappa shape index (κ2) is 8.53. The van der Waals surface area contributed by atoms with Crippen molar-refractivity contribution < 1.29 is 4.74 Å². The summed E-state index contributed by atoms with van der Waals surface area (Å²) in [6.07, 6.45) is 7.97. The van der Waals surface area contributed by atoms with Crippen molar-refractivity contribution in [1.82, 2.24) is 24.8 Å². The summed E-state index contributed by atoms with van der Waals surface area (Å²) in [6, 6.07) is 8.30. The number of anilines is 2. The van der Waals surface area contributed by atoms with Gasteiger partial charge in [-0.05, 0) is 56.4 Å². The normalized spacial score (nSPS) is 17.0. The molecule has 0 radical (unpaired) electrons. The Balaban J connectivity index is 1.38. The highest BCUT2D eigenvalue weighted by atomic mass is 16.5. The van der Waals surface area contributed by atoms with E-state index in [2.05, 4.69) is 44.5 Å². The molecule has 2 N–H and O–H groups in total. The van der Waals surface area contributed by atoms with Crippen molar-refractivity contribution in [3.8, 4) is 5.69 Å². The molecule has 1 aromatic carbocycles. The Kier molecular flexibility index (Phi) is 5.46. The Labute approximate surface area is 176 Å². The van der Waals surface area contributed by atoms with Crippen LogP contribution in [0.3, 0.4) is 0 Å². The van der Waals surface area contributed by atoms with E-state index in [1.54, 1.807) is 0 Å². The fourth-order valence-corrected chi connectivity index (χ4v) is 4.35. The summed E-state index contributed by atoms with van der Waals surface area (Å²) in [5.74, 6) is 2.31. The van der Waals surface area contributed by atoms with Gasteiger partial charge in [-0.2, -0.15) is 0 Å². The minimum Gasteiger partial charge on any atom is -0.381 e. The number of imidazole rings is 1. The fraction of sp³-hybridized carbons (Fsp3) is 0.435. The number of hydrogen-bond donors (Lipinski definition) is 2. The minimum absolute atomic E-state index is 0.644. The van der Waals surface area contributed by atoms with E-state index in [4.69, 9.17) is 14.7 Å². The number of ether oxygens (including phenoxy) is 1. The summed E-state index contributed by atoms with van der Waals surface area (Å²) in [6.45, 7) is 5.57. The number of nitrogens with zero attached hydrogens (tertiary/aromatic N) is 4. The monoisotopic (exact) mass is 404 g/mol. The molecule has 2 aromatic heterocycles. The number of aryl methyl sites for hydroxylation is 1. The highest BCUT2D eigenvalue weighted by Crippen LogP contribution is 2.26. The van der Waals surface area contributed by atoms with E-state index in [-0.39, 0.29) is 0 Å². The summed E-state index contributed by atoms with van der Waals surface area (Å²) in [7, 11) is 0. The summed E-state index contributed by atoms with van der Waals surface area (Å²) < 4.78 is 7.60. The van der Waals surface area contributed by atoms with E-state index >= 15 is 0 Å². The Morgan fingerprint density at radius 3 is 2.77 bits per heavy atom. The molecule has 5 rings (SSSR count). The van der Waals surface area contributed by atoms with Gasteiger partial charge in [0.2, 0.25) is 5.95 Å². The minimum atomic E-state index is 0.644. The van der Waals surface area contributed by atoms with Crippen molar-refractivity contribution in [1.29, 1.82) is 0 Å². The third-order valence-electron chi connectivity index (χ3n) is 6.07. The first-order valence-electron chi connectivity index (χ1n) is 10.8. The third-order valence-corrected chi connectivity index (χ3v) is 6.07. The lowest BCUT2D eigenvalue weighted by Gasteiger charge is -2.25. The maximum atomic E-state index is 5.53. The van der Waals surface area contributed by atoms with Gasteiger partial charge in [-0.25, -0.2) is 15.0 Å². The average molecular weight is 405 g/mol. The van der Waals surface area contributed by atoms with Crippen LogP contribution in [0.15, 0.2) is 36.7 Å². The maximum Gasteiger partial charge on any atom is 0.227 e. The predicted molar refractivity (Wildman–Crippen MR) is 116 cm³/mol. The number of hydrogen-bond acceptors (Lipinski definition) is 6. The number of rotatable bonds is 5. The van der Waals surface area contributed by atoms with Crippen LogP contribution in [0.25, 0.3) is 5.69 Å². The summed E-state index contributed by atoms with van der Waals surface area (Å²) in [5, 5.41) is 6.91. The van der Waals surface area contributed by atoms with Crippen LogP contribution in [-0.4, -0.2) is 39.3 Å². The molecule has 1 fully saturated rings. The standard InChI is InChI=1S/C23H28N6O/c1-16-25-10-11-29(16)19-4-2-18(3-5-19)26-23-27-21-6-9-24-15-20(21)22(28-23)14-17-7-12-30-13-8-17/h2-5,10-11,17,24H,6-9,12-15H2,1H3,(H,26,27,28). The second-order valence-electron chi connectivity index (χ2n) is 8.12. The van der Waals surface area contributed by atoms with Crippen molar-refractivity contribution in [3.63, 3.8) is 0 Å². The first kappa shape index (κ1) is 19.2. The van der Waals surface area contributed by atoms with Gasteiger partial charge >= 0.3 is 0 Å². The smallest absolute Gasteiger partial charge is 0.227 e. The summed E-state index contributed by atoms with van der Waals surface area (Å²) >= 11 is 0. The van der Waals surface area contributed by atoms with Crippen LogP contribution >= 0.6 is 0 Å². The van der Waals surface area contributed by atoms with Crippen molar-refractivity contribution in [2.24, 2.45) is 5.92 Å². The molecule has 0 unspecified atom stereocenters. The van der Waals surface area contributed by atoms with Crippen LogP contribution in [0.2, 0.25) is 0 Å². The van der Waals surface area contributed by atoms with E-state index in [1.165, 1.54) is 17.0 Å². The Morgan fingerprint density at radius 1 is 1.17 bits per heavy atom. The maximum absolute atomic E-state index is 5.53. The molecule has 30 heavy (non-hydrogen) atoms. The molecule has 0 atom stereocenters. The molecule has 7 nitrogen and oxygen atoms in total. The predicted octanol–water partition coefficient (Wildman–Crippen LogP) is 3.33. The molecule has 4 heterocycles. The molecule has 0 spiro atoms. The van der Waals surface area contributed by atoms with Crippen LogP contribution in [0, 0.1) is 12.8 Å². The van der Waals surface area contributed by atoms with Crippen LogP contribution < -0.4 is 10.6 Å². The highest BCUT2D eigenvalue weighted by molar-refractivity contribution is 5.56. The Bertz CT molecular complexity index is 1010. The largest absolute Gasteiger partial charge is 0.381 e. The van der Waals surface area contributed by atoms with Crippen LogP contribution in [-0.2, 0) is 24.1 Å². The summed E-state index contributed by atoms with van der Waals surface area (Å²) in [4.78, 5) is 14.1. The van der Waals surface area contributed by atoms with Gasteiger partial charge in [-0.15, -0.1) is 0 Å². The zero-order valence-electron chi connectivity index (χ0n) is 17.4. The van der Waals surface area contributed by atoms with Crippen molar-refractivity contribution in [2.45, 2.75) is 39.2 Å². The number of aromatic nitrogens is 4. The van der Waals surface area contributed by atoms with Gasteiger partial charge in [-0.1, -0.05) is 0 Å². The molecule has 7 heteroatoms. The molecule has 1 saturated heterocycles. The molecule has 156 valence electrons.